The van der Waals surface area contributed by atoms with Gasteiger partial charge in [0.1, 0.15) is 5.78 Å². The summed E-state index contributed by atoms with van der Waals surface area (Å²) < 4.78 is 11.9. The van der Waals surface area contributed by atoms with Crippen LogP contribution in [0.1, 0.15) is 94.4 Å². The van der Waals surface area contributed by atoms with Crippen molar-refractivity contribution in [2.24, 2.45) is 0 Å². The third-order valence-corrected chi connectivity index (χ3v) is 5.95. The molecular weight excluding hydrogens is 436 g/mol. The van der Waals surface area contributed by atoms with Gasteiger partial charge in [-0.25, -0.2) is 0 Å². The first-order valence-electron chi connectivity index (χ1n) is 12.0. The van der Waals surface area contributed by atoms with E-state index in [1.807, 2.05) is 41.5 Å². The molecule has 1 heterocycles. The minimum atomic E-state index is -0.743. The Morgan fingerprint density at radius 3 is 1.85 bits per heavy atom. The lowest BCUT2D eigenvalue weighted by Gasteiger charge is -2.34. The Hall–Kier alpha value is -2.06. The van der Waals surface area contributed by atoms with Crippen LogP contribution in [0.3, 0.4) is 0 Å². The molecule has 3 amide bonds. The largest absolute Gasteiger partial charge is 0.375 e. The molecule has 8 heteroatoms. The molecule has 0 atom stereocenters. The van der Waals surface area contributed by atoms with E-state index < -0.39 is 22.3 Å². The lowest BCUT2D eigenvalue weighted by molar-refractivity contribution is -0.144. The molecule has 194 valence electrons. The summed E-state index contributed by atoms with van der Waals surface area (Å²) in [6.07, 6.45) is 4.77. The summed E-state index contributed by atoms with van der Waals surface area (Å²) in [4.78, 5) is 49.0. The second-order valence-corrected chi connectivity index (χ2v) is 11.7. The van der Waals surface area contributed by atoms with Gasteiger partial charge >= 0.3 is 0 Å². The summed E-state index contributed by atoms with van der Waals surface area (Å²) in [6.45, 7) is 17.8. The van der Waals surface area contributed by atoms with Gasteiger partial charge in [-0.3, -0.25) is 24.1 Å². The monoisotopic (exact) mass is 480 g/mol. The zero-order valence-corrected chi connectivity index (χ0v) is 22.5. The van der Waals surface area contributed by atoms with E-state index in [2.05, 4.69) is 5.32 Å². The zero-order chi connectivity index (χ0) is 26.4. The van der Waals surface area contributed by atoms with Gasteiger partial charge in [0.2, 0.25) is 5.91 Å². The number of rotatable bonds is 15. The number of hydrogen-bond donors (Lipinski definition) is 1. The van der Waals surface area contributed by atoms with Gasteiger partial charge in [0.15, 0.2) is 0 Å². The molecule has 0 saturated carbocycles. The second-order valence-electron chi connectivity index (χ2n) is 11.7. The van der Waals surface area contributed by atoms with Crippen molar-refractivity contribution in [2.45, 2.75) is 117 Å². The number of nitrogens with zero attached hydrogens (tertiary/aromatic N) is 1. The van der Waals surface area contributed by atoms with Crippen LogP contribution in [-0.4, -0.2) is 63.9 Å². The Morgan fingerprint density at radius 1 is 0.824 bits per heavy atom. The fourth-order valence-corrected chi connectivity index (χ4v) is 3.91. The molecule has 0 spiro atoms. The van der Waals surface area contributed by atoms with Crippen molar-refractivity contribution in [1.82, 2.24) is 10.2 Å². The first kappa shape index (κ1) is 30.0. The van der Waals surface area contributed by atoms with E-state index >= 15 is 0 Å². The van der Waals surface area contributed by atoms with Crippen LogP contribution in [0.5, 0.6) is 0 Å². The van der Waals surface area contributed by atoms with Crippen LogP contribution in [0.15, 0.2) is 12.2 Å². The molecule has 0 aliphatic carbocycles. The van der Waals surface area contributed by atoms with Crippen molar-refractivity contribution in [3.63, 3.8) is 0 Å². The van der Waals surface area contributed by atoms with Crippen molar-refractivity contribution >= 4 is 23.5 Å². The van der Waals surface area contributed by atoms with Crippen molar-refractivity contribution in [2.75, 3.05) is 13.2 Å². The summed E-state index contributed by atoms with van der Waals surface area (Å²) in [5, 5.41) is 3.03. The normalized spacial score (nSPS) is 15.3. The quantitative estimate of drug-likeness (QED) is 0.359. The van der Waals surface area contributed by atoms with Crippen LogP contribution in [0.25, 0.3) is 0 Å². The number of amides is 3. The standard InChI is InChI=1S/C26H44N2O6/c1-19(29)18-26(8,9)34-17-15-25(6,7)33-16-14-23(2,3)27-20(30)12-13-24(4,5)28-21(31)10-11-22(28)32/h10-11H,12-18H2,1-9H3,(H,27,30). The van der Waals surface area contributed by atoms with E-state index in [1.54, 1.807) is 20.8 Å². The van der Waals surface area contributed by atoms with Crippen molar-refractivity contribution in [3.05, 3.63) is 12.2 Å². The van der Waals surface area contributed by atoms with Gasteiger partial charge in [0.05, 0.1) is 17.8 Å². The number of ketones is 1. The summed E-state index contributed by atoms with van der Waals surface area (Å²) in [5.74, 6) is -0.722. The van der Waals surface area contributed by atoms with Gasteiger partial charge in [-0.2, -0.15) is 0 Å². The van der Waals surface area contributed by atoms with E-state index in [1.165, 1.54) is 17.1 Å². The Morgan fingerprint density at radius 2 is 1.32 bits per heavy atom. The first-order chi connectivity index (χ1) is 15.4. The van der Waals surface area contributed by atoms with Crippen LogP contribution in [0.2, 0.25) is 0 Å². The number of ether oxygens (including phenoxy) is 2. The smallest absolute Gasteiger partial charge is 0.254 e. The fraction of sp³-hybridized carbons (Fsp3) is 0.769. The van der Waals surface area contributed by atoms with Gasteiger partial charge in [-0.1, -0.05) is 0 Å². The number of imide groups is 1. The summed E-state index contributed by atoms with van der Waals surface area (Å²) >= 11 is 0. The SMILES string of the molecule is CC(=O)CC(C)(C)OCCC(C)(C)OCCC(C)(C)NC(=O)CCC(C)(C)N1C(=O)C=CC1=O. The molecule has 1 aliphatic rings. The maximum atomic E-state index is 12.6. The van der Waals surface area contributed by atoms with E-state index in [4.69, 9.17) is 9.47 Å². The van der Waals surface area contributed by atoms with Crippen molar-refractivity contribution < 1.29 is 28.7 Å². The molecule has 0 saturated heterocycles. The fourth-order valence-electron chi connectivity index (χ4n) is 3.91. The highest BCUT2D eigenvalue weighted by Crippen LogP contribution is 2.25. The Balaban J connectivity index is 2.41. The minimum Gasteiger partial charge on any atom is -0.375 e. The highest BCUT2D eigenvalue weighted by molar-refractivity contribution is 6.13. The lowest BCUT2D eigenvalue weighted by Crippen LogP contribution is -2.49. The van der Waals surface area contributed by atoms with E-state index in [-0.39, 0.29) is 29.9 Å². The molecule has 8 nitrogen and oxygen atoms in total. The average molecular weight is 481 g/mol. The Kier molecular flexibility index (Phi) is 10.2. The topological polar surface area (TPSA) is 102 Å². The van der Waals surface area contributed by atoms with Crippen LogP contribution < -0.4 is 5.32 Å². The van der Waals surface area contributed by atoms with E-state index in [0.29, 0.717) is 38.9 Å². The van der Waals surface area contributed by atoms with Gasteiger partial charge in [0, 0.05) is 42.7 Å². The van der Waals surface area contributed by atoms with Crippen LogP contribution in [0, 0.1) is 0 Å². The van der Waals surface area contributed by atoms with Gasteiger partial charge in [-0.15, -0.1) is 0 Å². The summed E-state index contributed by atoms with van der Waals surface area (Å²) in [6, 6.07) is 0. The van der Waals surface area contributed by atoms with Crippen molar-refractivity contribution in [1.29, 1.82) is 0 Å². The third-order valence-electron chi connectivity index (χ3n) is 5.95. The second kappa shape index (κ2) is 11.6. The molecule has 1 aliphatic heterocycles. The summed E-state index contributed by atoms with van der Waals surface area (Å²) in [7, 11) is 0. The molecule has 0 radical (unpaired) electrons. The van der Waals surface area contributed by atoms with E-state index in [9.17, 15) is 19.2 Å². The molecule has 0 aromatic rings. The number of hydrogen-bond acceptors (Lipinski definition) is 6. The van der Waals surface area contributed by atoms with Gasteiger partial charge in [0.25, 0.3) is 11.8 Å². The van der Waals surface area contributed by atoms with Gasteiger partial charge in [-0.05, 0) is 81.6 Å². The highest BCUT2D eigenvalue weighted by Gasteiger charge is 2.37. The van der Waals surface area contributed by atoms with E-state index in [0.717, 1.165) is 0 Å². The maximum Gasteiger partial charge on any atom is 0.254 e. The van der Waals surface area contributed by atoms with Crippen LogP contribution in [-0.2, 0) is 28.7 Å². The molecule has 1 N–H and O–H groups in total. The zero-order valence-electron chi connectivity index (χ0n) is 22.5. The molecule has 0 bridgehead atoms. The number of carbonyl (C=O) groups is 4. The molecule has 1 rings (SSSR count). The Bertz CT molecular complexity index is 777. The molecular formula is C26H44N2O6. The summed E-state index contributed by atoms with van der Waals surface area (Å²) in [5.41, 5.74) is -2.11. The average Bonchev–Trinajstić information content (AvgIpc) is 2.97. The lowest BCUT2D eigenvalue weighted by atomic mass is 9.94. The molecule has 0 aromatic heterocycles. The number of carbonyl (C=O) groups excluding carboxylic acids is 4. The van der Waals surface area contributed by atoms with Crippen molar-refractivity contribution in [3.8, 4) is 0 Å². The Labute approximate surface area is 204 Å². The predicted octanol–water partition coefficient (Wildman–Crippen LogP) is 3.71. The molecule has 0 aromatic carbocycles. The third kappa shape index (κ3) is 10.5. The number of Topliss-reactive ketones (excluding diaryl/α,β-unsaturated/α-hetero) is 1. The maximum absolute atomic E-state index is 12.6. The molecule has 0 fully saturated rings. The van der Waals surface area contributed by atoms with Gasteiger partial charge < -0.3 is 14.8 Å². The predicted molar refractivity (Wildman–Crippen MR) is 131 cm³/mol. The minimum absolute atomic E-state index is 0.100. The number of nitrogens with one attached hydrogen (secondary N) is 1. The van der Waals surface area contributed by atoms with Crippen LogP contribution in [0.4, 0.5) is 0 Å². The van der Waals surface area contributed by atoms with Crippen LogP contribution >= 0.6 is 0 Å². The first-order valence-corrected chi connectivity index (χ1v) is 12.0. The molecule has 34 heavy (non-hydrogen) atoms. The molecule has 0 unspecified atom stereocenters. The highest BCUT2D eigenvalue weighted by atomic mass is 16.5.